The zero-order valence-electron chi connectivity index (χ0n) is 10.5. The molecule has 0 radical (unpaired) electrons. The Kier molecular flexibility index (Phi) is 5.65. The van der Waals surface area contributed by atoms with Crippen molar-refractivity contribution in [3.8, 4) is 0 Å². The first-order chi connectivity index (χ1) is 9.60. The van der Waals surface area contributed by atoms with Gasteiger partial charge in [-0.2, -0.15) is 0 Å². The number of carbonyl (C=O) groups excluding carboxylic acids is 1. The van der Waals surface area contributed by atoms with Crippen molar-refractivity contribution in [1.82, 2.24) is 10.2 Å². The van der Waals surface area contributed by atoms with Gasteiger partial charge in [-0.15, -0.1) is 10.2 Å². The minimum absolute atomic E-state index is 0.134. The Morgan fingerprint density at radius 3 is 2.65 bits per heavy atom. The Bertz CT molecular complexity index is 598. The molecular weight excluding hydrogens is 337 g/mol. The quantitative estimate of drug-likeness (QED) is 0.652. The topological polar surface area (TPSA) is 54.9 Å². The zero-order chi connectivity index (χ0) is 14.5. The molecule has 0 unspecified atom stereocenters. The Hall–Kier alpha value is -0.820. The molecule has 0 saturated carbocycles. The third kappa shape index (κ3) is 4.09. The maximum Gasteiger partial charge on any atom is 0.226 e. The number of rotatable bonds is 5. The fourth-order valence-electron chi connectivity index (χ4n) is 1.53. The minimum Gasteiger partial charge on any atom is -0.300 e. The van der Waals surface area contributed by atoms with Crippen LogP contribution in [-0.4, -0.2) is 22.4 Å². The van der Waals surface area contributed by atoms with Crippen LogP contribution in [0.5, 0.6) is 0 Å². The second kappa shape index (κ2) is 7.26. The van der Waals surface area contributed by atoms with Gasteiger partial charge in [-0.1, -0.05) is 52.4 Å². The smallest absolute Gasteiger partial charge is 0.226 e. The van der Waals surface area contributed by atoms with Gasteiger partial charge in [0.05, 0.1) is 0 Å². The number of hydrogen-bond acceptors (Lipinski definition) is 5. The van der Waals surface area contributed by atoms with E-state index in [4.69, 9.17) is 23.2 Å². The van der Waals surface area contributed by atoms with E-state index in [1.807, 2.05) is 6.26 Å². The van der Waals surface area contributed by atoms with Crippen molar-refractivity contribution in [2.75, 3.05) is 11.6 Å². The number of amides is 1. The predicted octanol–water partition coefficient (Wildman–Crippen LogP) is 4.14. The molecule has 0 aliphatic heterocycles. The summed E-state index contributed by atoms with van der Waals surface area (Å²) in [7, 11) is 0. The van der Waals surface area contributed by atoms with Gasteiger partial charge in [-0.3, -0.25) is 4.79 Å². The zero-order valence-corrected chi connectivity index (χ0v) is 13.7. The standard InChI is InChI=1S/C12H11Cl2N3OS2/c1-19-12-17-16-11(20-12)15-10(18)6-5-7-8(13)3-2-4-9(7)14/h2-4H,5-6H2,1H3,(H,15,16,18). The van der Waals surface area contributed by atoms with Crippen LogP contribution in [0.25, 0.3) is 0 Å². The number of nitrogens with one attached hydrogen (secondary N) is 1. The third-order valence-corrected chi connectivity index (χ3v) is 5.01. The summed E-state index contributed by atoms with van der Waals surface area (Å²) >= 11 is 14.9. The second-order valence-electron chi connectivity index (χ2n) is 3.83. The number of benzene rings is 1. The molecule has 0 bridgehead atoms. The molecule has 8 heteroatoms. The normalized spacial score (nSPS) is 10.6. The number of thioether (sulfide) groups is 1. The van der Waals surface area contributed by atoms with Gasteiger partial charge >= 0.3 is 0 Å². The molecule has 0 spiro atoms. The molecule has 1 N–H and O–H groups in total. The summed E-state index contributed by atoms with van der Waals surface area (Å²) in [5.41, 5.74) is 0.785. The van der Waals surface area contributed by atoms with Gasteiger partial charge in [0.15, 0.2) is 4.34 Å². The molecule has 0 atom stereocenters. The van der Waals surface area contributed by atoms with Crippen LogP contribution in [0.2, 0.25) is 10.0 Å². The summed E-state index contributed by atoms with van der Waals surface area (Å²) in [6, 6.07) is 5.30. The van der Waals surface area contributed by atoms with E-state index >= 15 is 0 Å². The highest BCUT2D eigenvalue weighted by atomic mass is 35.5. The lowest BCUT2D eigenvalue weighted by Gasteiger charge is -2.06. The van der Waals surface area contributed by atoms with Crippen LogP contribution in [-0.2, 0) is 11.2 Å². The van der Waals surface area contributed by atoms with Crippen molar-refractivity contribution < 1.29 is 4.79 Å². The van der Waals surface area contributed by atoms with Crippen molar-refractivity contribution in [3.05, 3.63) is 33.8 Å². The Morgan fingerprint density at radius 1 is 1.35 bits per heavy atom. The lowest BCUT2D eigenvalue weighted by molar-refractivity contribution is -0.116. The van der Waals surface area contributed by atoms with Gasteiger partial charge < -0.3 is 5.32 Å². The molecule has 0 saturated heterocycles. The Balaban J connectivity index is 1.92. The van der Waals surface area contributed by atoms with Crippen LogP contribution >= 0.6 is 46.3 Å². The average molecular weight is 348 g/mol. The van der Waals surface area contributed by atoms with E-state index in [1.165, 1.54) is 23.1 Å². The summed E-state index contributed by atoms with van der Waals surface area (Å²) in [5.74, 6) is -0.134. The van der Waals surface area contributed by atoms with Crippen LogP contribution in [0, 0.1) is 0 Å². The highest BCUT2D eigenvalue weighted by molar-refractivity contribution is 8.00. The SMILES string of the molecule is CSc1nnc(NC(=O)CCc2c(Cl)cccc2Cl)s1. The molecule has 0 aliphatic carbocycles. The van der Waals surface area contributed by atoms with E-state index in [0.29, 0.717) is 21.6 Å². The molecule has 0 aliphatic rings. The first-order valence-electron chi connectivity index (χ1n) is 5.70. The van der Waals surface area contributed by atoms with Gasteiger partial charge in [0.25, 0.3) is 0 Å². The van der Waals surface area contributed by atoms with Crippen molar-refractivity contribution >= 4 is 57.3 Å². The number of halogens is 2. The van der Waals surface area contributed by atoms with E-state index in [9.17, 15) is 4.79 Å². The molecule has 4 nitrogen and oxygen atoms in total. The van der Waals surface area contributed by atoms with Gasteiger partial charge in [-0.05, 0) is 30.4 Å². The minimum atomic E-state index is -0.134. The molecule has 106 valence electrons. The summed E-state index contributed by atoms with van der Waals surface area (Å²) in [4.78, 5) is 11.8. The van der Waals surface area contributed by atoms with Crippen LogP contribution in [0.4, 0.5) is 5.13 Å². The van der Waals surface area contributed by atoms with E-state index in [2.05, 4.69) is 15.5 Å². The lowest BCUT2D eigenvalue weighted by Crippen LogP contribution is -2.12. The van der Waals surface area contributed by atoms with Crippen molar-refractivity contribution in [2.24, 2.45) is 0 Å². The third-order valence-electron chi connectivity index (χ3n) is 2.49. The van der Waals surface area contributed by atoms with Crippen molar-refractivity contribution in [3.63, 3.8) is 0 Å². The van der Waals surface area contributed by atoms with Gasteiger partial charge in [-0.25, -0.2) is 0 Å². The van der Waals surface area contributed by atoms with Crippen LogP contribution in [0.1, 0.15) is 12.0 Å². The van der Waals surface area contributed by atoms with Crippen molar-refractivity contribution in [2.45, 2.75) is 17.2 Å². The summed E-state index contributed by atoms with van der Waals surface area (Å²) in [6.45, 7) is 0. The largest absolute Gasteiger partial charge is 0.300 e. The van der Waals surface area contributed by atoms with Crippen molar-refractivity contribution in [1.29, 1.82) is 0 Å². The number of nitrogens with zero attached hydrogens (tertiary/aromatic N) is 2. The first kappa shape index (κ1) is 15.6. The predicted molar refractivity (Wildman–Crippen MR) is 85.1 cm³/mol. The fraction of sp³-hybridized carbons (Fsp3) is 0.250. The van der Waals surface area contributed by atoms with Gasteiger partial charge in [0.1, 0.15) is 0 Å². The van der Waals surface area contributed by atoms with Gasteiger partial charge in [0.2, 0.25) is 11.0 Å². The Morgan fingerprint density at radius 2 is 2.05 bits per heavy atom. The van der Waals surface area contributed by atoms with E-state index in [0.717, 1.165) is 9.90 Å². The maximum absolute atomic E-state index is 11.8. The molecule has 1 amide bonds. The molecule has 20 heavy (non-hydrogen) atoms. The highest BCUT2D eigenvalue weighted by Crippen LogP contribution is 2.26. The number of carbonyl (C=O) groups is 1. The first-order valence-corrected chi connectivity index (χ1v) is 8.50. The van der Waals surface area contributed by atoms with E-state index in [-0.39, 0.29) is 12.3 Å². The number of hydrogen-bond donors (Lipinski definition) is 1. The fourth-order valence-corrected chi connectivity index (χ4v) is 3.31. The van der Waals surface area contributed by atoms with E-state index < -0.39 is 0 Å². The maximum atomic E-state index is 11.8. The summed E-state index contributed by atoms with van der Waals surface area (Å²) < 4.78 is 0.814. The monoisotopic (exact) mass is 347 g/mol. The summed E-state index contributed by atoms with van der Waals surface area (Å²) in [5, 5.41) is 12.2. The average Bonchev–Trinajstić information content (AvgIpc) is 2.86. The Labute approximate surface area is 134 Å². The number of anilines is 1. The second-order valence-corrected chi connectivity index (χ2v) is 6.67. The molecule has 2 rings (SSSR count). The highest BCUT2D eigenvalue weighted by Gasteiger charge is 2.11. The molecular formula is C12H11Cl2N3OS2. The number of aromatic nitrogens is 2. The summed E-state index contributed by atoms with van der Waals surface area (Å²) in [6.07, 6.45) is 2.68. The molecule has 1 heterocycles. The molecule has 1 aromatic carbocycles. The van der Waals surface area contributed by atoms with E-state index in [1.54, 1.807) is 18.2 Å². The van der Waals surface area contributed by atoms with Crippen LogP contribution in [0.15, 0.2) is 22.5 Å². The van der Waals surface area contributed by atoms with Gasteiger partial charge in [0, 0.05) is 16.5 Å². The molecule has 0 fully saturated rings. The van der Waals surface area contributed by atoms with Crippen LogP contribution < -0.4 is 5.32 Å². The van der Waals surface area contributed by atoms with Crippen LogP contribution in [0.3, 0.4) is 0 Å². The molecule has 1 aromatic heterocycles. The lowest BCUT2D eigenvalue weighted by atomic mass is 10.1. The molecule has 2 aromatic rings.